The van der Waals surface area contributed by atoms with Crippen molar-refractivity contribution in [2.45, 2.75) is 76.6 Å². The highest BCUT2D eigenvalue weighted by atomic mass is 16.6. The average molecular weight is 459 g/mol. The first-order chi connectivity index (χ1) is 15.7. The summed E-state index contributed by atoms with van der Waals surface area (Å²) in [5.41, 5.74) is 6.12. The van der Waals surface area contributed by atoms with Crippen LogP contribution < -0.4 is 11.1 Å². The highest BCUT2D eigenvalue weighted by Crippen LogP contribution is 2.28. The van der Waals surface area contributed by atoms with Crippen LogP contribution in [0.3, 0.4) is 0 Å². The van der Waals surface area contributed by atoms with E-state index in [0.717, 1.165) is 57.2 Å². The van der Waals surface area contributed by atoms with Crippen LogP contribution in [0.2, 0.25) is 0 Å². The maximum Gasteiger partial charge on any atom is 0.410 e. The zero-order valence-corrected chi connectivity index (χ0v) is 20.1. The number of hydrogen-bond donors (Lipinski definition) is 2. The number of ether oxygens (including phenoxy) is 1. The summed E-state index contributed by atoms with van der Waals surface area (Å²) in [7, 11) is 1.58. The Bertz CT molecular complexity index is 815. The third-order valence-electron chi connectivity index (χ3n) is 7.19. The number of rotatable bonds is 7. The Morgan fingerprint density at radius 2 is 1.73 bits per heavy atom. The highest BCUT2D eigenvalue weighted by molar-refractivity contribution is 5.89. The minimum Gasteiger partial charge on any atom is -0.445 e. The monoisotopic (exact) mass is 458 g/mol. The van der Waals surface area contributed by atoms with Gasteiger partial charge in [0.1, 0.15) is 12.1 Å². The first kappa shape index (κ1) is 25.0. The Kier molecular flexibility index (Phi) is 8.35. The lowest BCUT2D eigenvalue weighted by atomic mass is 9.81. The van der Waals surface area contributed by atoms with Crippen molar-refractivity contribution in [3.63, 3.8) is 0 Å². The van der Waals surface area contributed by atoms with Crippen molar-refractivity contribution in [2.24, 2.45) is 11.7 Å². The van der Waals surface area contributed by atoms with Gasteiger partial charge in [0.05, 0.1) is 6.04 Å². The van der Waals surface area contributed by atoms with Gasteiger partial charge < -0.3 is 20.7 Å². The van der Waals surface area contributed by atoms with E-state index in [4.69, 9.17) is 10.5 Å². The molecule has 0 radical (unpaired) electrons. The first-order valence-electron chi connectivity index (χ1n) is 12.0. The van der Waals surface area contributed by atoms with Gasteiger partial charge in [-0.25, -0.2) is 4.79 Å². The number of carbonyl (C=O) groups is 3. The Morgan fingerprint density at radius 3 is 2.33 bits per heavy atom. The molecule has 0 bridgehead atoms. The summed E-state index contributed by atoms with van der Waals surface area (Å²) in [6, 6.07) is 8.98. The van der Waals surface area contributed by atoms with Gasteiger partial charge in [-0.3, -0.25) is 14.5 Å². The molecule has 1 aromatic carbocycles. The molecule has 8 heteroatoms. The lowest BCUT2D eigenvalue weighted by Crippen LogP contribution is -2.58. The number of benzene rings is 1. The number of nitrogens with two attached hydrogens (primary N) is 1. The van der Waals surface area contributed by atoms with Crippen LogP contribution in [-0.4, -0.2) is 65.5 Å². The van der Waals surface area contributed by atoms with Crippen LogP contribution in [-0.2, 0) is 20.9 Å². The predicted molar refractivity (Wildman–Crippen MR) is 126 cm³/mol. The maximum atomic E-state index is 13.0. The van der Waals surface area contributed by atoms with Crippen LogP contribution in [0, 0.1) is 5.92 Å². The number of nitrogens with zero attached hydrogens (tertiary/aromatic N) is 2. The largest absolute Gasteiger partial charge is 0.445 e. The normalized spacial score (nSPS) is 21.9. The quantitative estimate of drug-likeness (QED) is 0.654. The average Bonchev–Trinajstić information content (AvgIpc) is 3.37. The van der Waals surface area contributed by atoms with E-state index < -0.39 is 17.7 Å². The second-order valence-corrected chi connectivity index (χ2v) is 9.80. The lowest BCUT2D eigenvalue weighted by Gasteiger charge is -2.37. The van der Waals surface area contributed by atoms with Gasteiger partial charge in [-0.1, -0.05) is 30.3 Å². The van der Waals surface area contributed by atoms with E-state index in [0.29, 0.717) is 0 Å². The molecule has 2 fully saturated rings. The van der Waals surface area contributed by atoms with Crippen LogP contribution in [0.15, 0.2) is 30.3 Å². The number of amides is 3. The zero-order valence-electron chi connectivity index (χ0n) is 20.1. The molecule has 3 N–H and O–H groups in total. The summed E-state index contributed by atoms with van der Waals surface area (Å²) in [5.74, 6) is -0.00536. The highest BCUT2D eigenvalue weighted by Gasteiger charge is 2.39. The molecule has 0 spiro atoms. The van der Waals surface area contributed by atoms with E-state index >= 15 is 0 Å². The van der Waals surface area contributed by atoms with Crippen molar-refractivity contribution >= 4 is 17.9 Å². The zero-order chi connectivity index (χ0) is 24.0. The van der Waals surface area contributed by atoms with E-state index in [9.17, 15) is 14.4 Å². The third kappa shape index (κ3) is 6.25. The van der Waals surface area contributed by atoms with Gasteiger partial charge in [0.2, 0.25) is 11.8 Å². The summed E-state index contributed by atoms with van der Waals surface area (Å²) < 4.78 is 5.38. The molecule has 1 aliphatic carbocycles. The molecule has 2 aliphatic rings. The molecule has 0 unspecified atom stereocenters. The number of likely N-dealkylation sites (tertiary alicyclic amines) is 1. The molecule has 182 valence electrons. The molecule has 3 rings (SSSR count). The second kappa shape index (κ2) is 11.0. The van der Waals surface area contributed by atoms with Gasteiger partial charge in [-0.15, -0.1) is 0 Å². The number of carbonyl (C=O) groups excluding carboxylic acids is 3. The molecular weight excluding hydrogens is 420 g/mol. The first-order valence-corrected chi connectivity index (χ1v) is 12.0. The van der Waals surface area contributed by atoms with Crippen LogP contribution in [0.5, 0.6) is 0 Å². The van der Waals surface area contributed by atoms with Crippen LogP contribution in [0.25, 0.3) is 0 Å². The van der Waals surface area contributed by atoms with Crippen molar-refractivity contribution < 1.29 is 19.1 Å². The van der Waals surface area contributed by atoms with Crippen LogP contribution in [0.4, 0.5) is 4.79 Å². The molecule has 1 heterocycles. The fourth-order valence-corrected chi connectivity index (χ4v) is 4.53. The molecule has 8 nitrogen and oxygen atoms in total. The Hall–Kier alpha value is -2.61. The molecule has 1 atom stereocenters. The molecular formula is C25H38N4O4. The van der Waals surface area contributed by atoms with E-state index in [1.807, 2.05) is 35.2 Å². The number of hydrogen-bond acceptors (Lipinski definition) is 5. The van der Waals surface area contributed by atoms with Crippen molar-refractivity contribution in [1.82, 2.24) is 15.1 Å². The fraction of sp³-hybridized carbons (Fsp3) is 0.640. The minimum absolute atomic E-state index is 0.0100. The van der Waals surface area contributed by atoms with Gasteiger partial charge >= 0.3 is 6.09 Å². The third-order valence-corrected chi connectivity index (χ3v) is 7.19. The van der Waals surface area contributed by atoms with Crippen molar-refractivity contribution in [3.05, 3.63) is 35.9 Å². The number of likely N-dealkylation sites (N-methyl/N-ethyl adjacent to an activating group) is 1. The molecule has 1 saturated heterocycles. The molecule has 1 saturated carbocycles. The molecule has 33 heavy (non-hydrogen) atoms. The van der Waals surface area contributed by atoms with Gasteiger partial charge in [0.25, 0.3) is 0 Å². The van der Waals surface area contributed by atoms with E-state index in [2.05, 4.69) is 5.32 Å². The van der Waals surface area contributed by atoms with Gasteiger partial charge in [0.15, 0.2) is 0 Å². The fourth-order valence-electron chi connectivity index (χ4n) is 4.53. The Morgan fingerprint density at radius 1 is 1.12 bits per heavy atom. The van der Waals surface area contributed by atoms with Crippen molar-refractivity contribution in [1.29, 1.82) is 0 Å². The maximum absolute atomic E-state index is 13.0. The topological polar surface area (TPSA) is 105 Å². The second-order valence-electron chi connectivity index (χ2n) is 9.80. The summed E-state index contributed by atoms with van der Waals surface area (Å²) >= 11 is 0. The standard InChI is InChI=1S/C25H38N4O4/c1-25(2,28(3)24(32)33-17-18-9-5-4-6-10-18)23(31)27-20-13-11-19(12-14-20)21(26)22(30)29-15-7-8-16-29/h4-6,9-10,19-21H,7-8,11-17,26H2,1-3H3,(H,27,31)/t19?,20?,21-/m0/s1. The van der Waals surface area contributed by atoms with Crippen LogP contribution >= 0.6 is 0 Å². The SMILES string of the molecule is CN(C(=O)OCc1ccccc1)C(C)(C)C(=O)NC1CCC([C@H](N)C(=O)N2CCCC2)CC1. The van der Waals surface area contributed by atoms with E-state index in [1.54, 1.807) is 20.9 Å². The van der Waals surface area contributed by atoms with Crippen molar-refractivity contribution in [2.75, 3.05) is 20.1 Å². The summed E-state index contributed by atoms with van der Waals surface area (Å²) in [6.45, 7) is 5.20. The smallest absolute Gasteiger partial charge is 0.410 e. The van der Waals surface area contributed by atoms with Crippen LogP contribution in [0.1, 0.15) is 57.9 Å². The predicted octanol–water partition coefficient (Wildman–Crippen LogP) is 2.66. The number of nitrogens with one attached hydrogen (secondary N) is 1. The van der Waals surface area contributed by atoms with Gasteiger partial charge in [-0.2, -0.15) is 0 Å². The molecule has 1 aromatic rings. The Balaban J connectivity index is 1.45. The summed E-state index contributed by atoms with van der Waals surface area (Å²) in [6.07, 6.45) is 4.73. The Labute approximate surface area is 196 Å². The molecule has 1 aliphatic heterocycles. The lowest BCUT2D eigenvalue weighted by molar-refractivity contribution is -0.134. The van der Waals surface area contributed by atoms with E-state index in [-0.39, 0.29) is 30.4 Å². The summed E-state index contributed by atoms with van der Waals surface area (Å²) in [5, 5.41) is 3.09. The summed E-state index contributed by atoms with van der Waals surface area (Å²) in [4.78, 5) is 41.3. The van der Waals surface area contributed by atoms with Gasteiger partial charge in [-0.05, 0) is 63.9 Å². The van der Waals surface area contributed by atoms with E-state index in [1.165, 1.54) is 4.90 Å². The van der Waals surface area contributed by atoms with Crippen molar-refractivity contribution in [3.8, 4) is 0 Å². The molecule has 0 aromatic heterocycles. The minimum atomic E-state index is -1.06. The molecule has 3 amide bonds. The van der Waals surface area contributed by atoms with Gasteiger partial charge in [0, 0.05) is 26.2 Å².